The maximum atomic E-state index is 6.30. The number of rotatable bonds is 6. The fourth-order valence-corrected chi connectivity index (χ4v) is 10.0. The Kier molecular flexibility index (Phi) is 5.86. The number of hydrogen-bond acceptors (Lipinski definition) is 3. The molecule has 172 valence electrons. The smallest absolute Gasteiger partial charge is 0.248 e. The summed E-state index contributed by atoms with van der Waals surface area (Å²) in [4.78, 5) is 0. The number of aromatic nitrogens is 2. The van der Waals surface area contributed by atoms with E-state index in [0.717, 1.165) is 11.1 Å². The van der Waals surface area contributed by atoms with Crippen molar-refractivity contribution in [2.75, 3.05) is 0 Å². The van der Waals surface area contributed by atoms with Crippen molar-refractivity contribution in [3.63, 3.8) is 0 Å². The lowest BCUT2D eigenvalue weighted by molar-refractivity contribution is 0.585. The zero-order valence-electron chi connectivity index (χ0n) is 19.7. The fourth-order valence-electron chi connectivity index (χ4n) is 5.06. The van der Waals surface area contributed by atoms with E-state index in [2.05, 4.69) is 119 Å². The Morgan fingerprint density at radius 2 is 0.833 bits per heavy atom. The van der Waals surface area contributed by atoms with Crippen LogP contribution in [0.2, 0.25) is 0 Å². The van der Waals surface area contributed by atoms with Gasteiger partial charge >= 0.3 is 0 Å². The lowest BCUT2D eigenvalue weighted by Crippen LogP contribution is -2.75. The zero-order chi connectivity index (χ0) is 24.2. The Labute approximate surface area is 211 Å². The van der Waals surface area contributed by atoms with Crippen LogP contribution in [-0.2, 0) is 0 Å². The highest BCUT2D eigenvalue weighted by Crippen LogP contribution is 2.24. The molecule has 36 heavy (non-hydrogen) atoms. The van der Waals surface area contributed by atoms with Gasteiger partial charge in [0.15, 0.2) is 8.07 Å². The summed E-state index contributed by atoms with van der Waals surface area (Å²) in [6.07, 6.45) is 0. The molecular formula is C32H24N2OSi. The highest BCUT2D eigenvalue weighted by molar-refractivity contribution is 7.20. The summed E-state index contributed by atoms with van der Waals surface area (Å²) in [5.74, 6) is 1.05. The lowest BCUT2D eigenvalue weighted by atomic mass is 10.2. The summed E-state index contributed by atoms with van der Waals surface area (Å²) in [7, 11) is -2.73. The van der Waals surface area contributed by atoms with Crippen LogP contribution in [-0.4, -0.2) is 18.3 Å². The van der Waals surface area contributed by atoms with E-state index in [0.29, 0.717) is 11.8 Å². The van der Waals surface area contributed by atoms with E-state index < -0.39 is 8.07 Å². The summed E-state index contributed by atoms with van der Waals surface area (Å²) < 4.78 is 6.30. The van der Waals surface area contributed by atoms with Crippen molar-refractivity contribution in [1.82, 2.24) is 10.2 Å². The predicted molar refractivity (Wildman–Crippen MR) is 149 cm³/mol. The van der Waals surface area contributed by atoms with Gasteiger partial charge in [0.25, 0.3) is 0 Å². The van der Waals surface area contributed by atoms with Crippen LogP contribution in [0, 0.1) is 0 Å². The van der Waals surface area contributed by atoms with Crippen LogP contribution in [0.5, 0.6) is 0 Å². The van der Waals surface area contributed by atoms with Gasteiger partial charge in [-0.15, -0.1) is 10.2 Å². The monoisotopic (exact) mass is 480 g/mol. The molecule has 0 aliphatic rings. The van der Waals surface area contributed by atoms with Gasteiger partial charge in [0.05, 0.1) is 0 Å². The molecule has 0 amide bonds. The second-order valence-corrected chi connectivity index (χ2v) is 12.4. The first-order valence-electron chi connectivity index (χ1n) is 12.0. The molecule has 6 aromatic rings. The van der Waals surface area contributed by atoms with Gasteiger partial charge in [-0.25, -0.2) is 0 Å². The SMILES string of the molecule is c1ccc(-c2nnc(-c3ccccc3[Si](c3ccccc3)(c3ccccc3)c3ccccc3)o2)cc1. The zero-order valence-corrected chi connectivity index (χ0v) is 20.7. The molecule has 5 aromatic carbocycles. The third kappa shape index (κ3) is 3.78. The van der Waals surface area contributed by atoms with Crippen molar-refractivity contribution in [3.8, 4) is 22.9 Å². The van der Waals surface area contributed by atoms with Crippen LogP contribution in [0.15, 0.2) is 150 Å². The molecule has 0 saturated carbocycles. The van der Waals surface area contributed by atoms with Crippen LogP contribution in [0.3, 0.4) is 0 Å². The molecule has 1 heterocycles. The summed E-state index contributed by atoms with van der Waals surface area (Å²) in [5.41, 5.74) is 1.88. The molecule has 0 unspecified atom stereocenters. The van der Waals surface area contributed by atoms with Gasteiger partial charge in [-0.1, -0.05) is 127 Å². The Balaban J connectivity index is 1.66. The maximum Gasteiger partial charge on any atom is 0.248 e. The molecule has 6 rings (SSSR count). The van der Waals surface area contributed by atoms with E-state index in [9.17, 15) is 0 Å². The Morgan fingerprint density at radius 3 is 1.36 bits per heavy atom. The third-order valence-electron chi connectivity index (χ3n) is 6.63. The van der Waals surface area contributed by atoms with Gasteiger partial charge in [0.2, 0.25) is 11.8 Å². The minimum atomic E-state index is -2.73. The van der Waals surface area contributed by atoms with Crippen LogP contribution < -0.4 is 20.7 Å². The molecule has 0 saturated heterocycles. The van der Waals surface area contributed by atoms with Crippen molar-refractivity contribution >= 4 is 28.8 Å². The first-order chi connectivity index (χ1) is 17.9. The van der Waals surface area contributed by atoms with E-state index in [-0.39, 0.29) is 0 Å². The van der Waals surface area contributed by atoms with Crippen molar-refractivity contribution in [2.45, 2.75) is 0 Å². The predicted octanol–water partition coefficient (Wildman–Crippen LogP) is 4.78. The van der Waals surface area contributed by atoms with Crippen molar-refractivity contribution < 1.29 is 4.42 Å². The van der Waals surface area contributed by atoms with E-state index in [4.69, 9.17) is 4.42 Å². The molecule has 0 spiro atoms. The topological polar surface area (TPSA) is 38.9 Å². The summed E-state index contributed by atoms with van der Waals surface area (Å²) in [6.45, 7) is 0. The highest BCUT2D eigenvalue weighted by Gasteiger charge is 2.43. The van der Waals surface area contributed by atoms with E-state index >= 15 is 0 Å². The molecule has 0 aliphatic carbocycles. The van der Waals surface area contributed by atoms with Gasteiger partial charge in [0.1, 0.15) is 0 Å². The second-order valence-electron chi connectivity index (χ2n) is 8.67. The molecule has 0 radical (unpaired) electrons. The number of benzene rings is 5. The minimum absolute atomic E-state index is 0.520. The van der Waals surface area contributed by atoms with E-state index in [1.54, 1.807) is 0 Å². The number of nitrogens with zero attached hydrogens (tertiary/aromatic N) is 2. The van der Waals surface area contributed by atoms with Gasteiger partial charge in [-0.05, 0) is 38.9 Å². The van der Waals surface area contributed by atoms with Crippen LogP contribution in [0.1, 0.15) is 0 Å². The van der Waals surface area contributed by atoms with Crippen molar-refractivity contribution in [2.24, 2.45) is 0 Å². The summed E-state index contributed by atoms with van der Waals surface area (Å²) in [6, 6.07) is 51.0. The Morgan fingerprint density at radius 1 is 0.417 bits per heavy atom. The van der Waals surface area contributed by atoms with Gasteiger partial charge < -0.3 is 4.42 Å². The van der Waals surface area contributed by atoms with Crippen molar-refractivity contribution in [3.05, 3.63) is 146 Å². The first kappa shape index (κ1) is 22.0. The summed E-state index contributed by atoms with van der Waals surface area (Å²) in [5, 5.41) is 14.1. The first-order valence-corrected chi connectivity index (χ1v) is 14.0. The Hall–Kier alpha value is -4.54. The molecule has 1 aromatic heterocycles. The molecule has 0 aliphatic heterocycles. The molecule has 3 nitrogen and oxygen atoms in total. The molecular weight excluding hydrogens is 456 g/mol. The largest absolute Gasteiger partial charge is 0.416 e. The second kappa shape index (κ2) is 9.60. The molecule has 0 N–H and O–H groups in total. The summed E-state index contributed by atoms with van der Waals surface area (Å²) >= 11 is 0. The molecule has 0 atom stereocenters. The standard InChI is InChI=1S/C32H24N2OSi/c1-5-15-25(16-6-1)31-33-34-32(35-31)29-23-13-14-24-30(29)36(26-17-7-2-8-18-26,27-19-9-3-10-20-27)28-21-11-4-12-22-28/h1-24H. The Bertz CT molecular complexity index is 1470. The van der Waals surface area contributed by atoms with Crippen LogP contribution in [0.4, 0.5) is 0 Å². The molecule has 0 bridgehead atoms. The van der Waals surface area contributed by atoms with Crippen LogP contribution in [0.25, 0.3) is 22.9 Å². The molecule has 4 heteroatoms. The minimum Gasteiger partial charge on any atom is -0.416 e. The normalized spacial score (nSPS) is 11.3. The average molecular weight is 481 g/mol. The fraction of sp³-hybridized carbons (Fsp3) is 0. The molecule has 0 fully saturated rings. The van der Waals surface area contributed by atoms with Crippen molar-refractivity contribution in [1.29, 1.82) is 0 Å². The lowest BCUT2D eigenvalue weighted by Gasteiger charge is -2.35. The third-order valence-corrected chi connectivity index (χ3v) is 11.5. The highest BCUT2D eigenvalue weighted by atomic mass is 28.3. The van der Waals surface area contributed by atoms with E-state index in [1.165, 1.54) is 20.7 Å². The van der Waals surface area contributed by atoms with Gasteiger partial charge in [0, 0.05) is 11.1 Å². The maximum absolute atomic E-state index is 6.30. The van der Waals surface area contributed by atoms with Gasteiger partial charge in [-0.2, -0.15) is 0 Å². The van der Waals surface area contributed by atoms with E-state index in [1.807, 2.05) is 36.4 Å². The number of hydrogen-bond donors (Lipinski definition) is 0. The average Bonchev–Trinajstić information content (AvgIpc) is 3.47. The van der Waals surface area contributed by atoms with Gasteiger partial charge in [-0.3, -0.25) is 0 Å². The quantitative estimate of drug-likeness (QED) is 0.254. The van der Waals surface area contributed by atoms with Crippen LogP contribution >= 0.6 is 0 Å².